The Morgan fingerprint density at radius 3 is 2.77 bits per heavy atom. The van der Waals surface area contributed by atoms with E-state index in [-0.39, 0.29) is 23.8 Å². The molecule has 0 radical (unpaired) electrons. The topological polar surface area (TPSA) is 81.6 Å². The quantitative estimate of drug-likeness (QED) is 0.815. The summed E-state index contributed by atoms with van der Waals surface area (Å²) in [7, 11) is 4.09. The number of aliphatic hydroxyl groups excluding tert-OH is 1. The van der Waals surface area contributed by atoms with Crippen molar-refractivity contribution in [3.8, 4) is 0 Å². The second-order valence-corrected chi connectivity index (χ2v) is 8.31. The second-order valence-electron chi connectivity index (χ2n) is 8.31. The average molecular weight is 361 g/mol. The Hall–Kier alpha value is -1.73. The van der Waals surface area contributed by atoms with E-state index in [2.05, 4.69) is 20.1 Å². The third-order valence-corrected chi connectivity index (χ3v) is 5.34. The van der Waals surface area contributed by atoms with Gasteiger partial charge in [0.15, 0.2) is 0 Å². The van der Waals surface area contributed by atoms with Crippen molar-refractivity contribution in [1.82, 2.24) is 20.2 Å². The number of aliphatic hydroxyl groups is 1. The fourth-order valence-corrected chi connectivity index (χ4v) is 4.18. The van der Waals surface area contributed by atoms with Crippen molar-refractivity contribution in [2.24, 2.45) is 5.41 Å². The molecule has 1 aromatic heterocycles. The number of amides is 1. The Balaban J connectivity index is 2.01. The molecule has 1 atom stereocenters. The summed E-state index contributed by atoms with van der Waals surface area (Å²) in [5.41, 5.74) is 1.32. The molecule has 2 N–H and O–H groups in total. The van der Waals surface area contributed by atoms with Crippen LogP contribution in [-0.2, 0) is 6.42 Å². The molecular formula is C19H31N5O2. The maximum Gasteiger partial charge on any atom is 0.270 e. The van der Waals surface area contributed by atoms with E-state index in [1.807, 2.05) is 27.9 Å². The highest BCUT2D eigenvalue weighted by Crippen LogP contribution is 2.35. The van der Waals surface area contributed by atoms with E-state index in [0.29, 0.717) is 18.1 Å². The first-order valence-electron chi connectivity index (χ1n) is 9.55. The van der Waals surface area contributed by atoms with Crippen LogP contribution in [0, 0.1) is 5.41 Å². The lowest BCUT2D eigenvalue weighted by Crippen LogP contribution is -2.51. The van der Waals surface area contributed by atoms with Crippen molar-refractivity contribution >= 4 is 11.7 Å². The molecule has 1 unspecified atom stereocenters. The summed E-state index contributed by atoms with van der Waals surface area (Å²) in [6.07, 6.45) is 2.77. The SMILES string of the molecule is CC(C)c1nc2c(c(N3CCCC(CO)(CN(C)C)C3)n1)CCNC2=O. The number of carbonyl (C=O) groups is 1. The molecule has 0 spiro atoms. The van der Waals surface area contributed by atoms with E-state index in [1.54, 1.807) is 0 Å². The zero-order valence-electron chi connectivity index (χ0n) is 16.4. The first-order valence-corrected chi connectivity index (χ1v) is 9.55. The standard InChI is InChI=1S/C19H31N5O2/c1-13(2)16-21-15-14(6-8-20-18(15)26)17(22-16)24-9-5-7-19(11-24,12-25)10-23(3)4/h13,25H,5-12H2,1-4H3,(H,20,26). The summed E-state index contributed by atoms with van der Waals surface area (Å²) >= 11 is 0. The first-order chi connectivity index (χ1) is 12.3. The van der Waals surface area contributed by atoms with Crippen LogP contribution in [-0.4, -0.2) is 72.8 Å². The summed E-state index contributed by atoms with van der Waals surface area (Å²) in [4.78, 5) is 26.2. The van der Waals surface area contributed by atoms with Crippen LogP contribution < -0.4 is 10.2 Å². The number of rotatable bonds is 5. The number of nitrogens with one attached hydrogen (secondary N) is 1. The minimum atomic E-state index is -0.158. The normalized spacial score (nSPS) is 23.3. The van der Waals surface area contributed by atoms with Crippen LogP contribution in [0.25, 0.3) is 0 Å². The van der Waals surface area contributed by atoms with Gasteiger partial charge >= 0.3 is 0 Å². The minimum absolute atomic E-state index is 0.101. The zero-order chi connectivity index (χ0) is 18.9. The van der Waals surface area contributed by atoms with Gasteiger partial charge in [0.2, 0.25) is 0 Å². The smallest absolute Gasteiger partial charge is 0.270 e. The van der Waals surface area contributed by atoms with Gasteiger partial charge in [-0.15, -0.1) is 0 Å². The molecule has 2 aliphatic heterocycles. The molecule has 2 aliphatic rings. The average Bonchev–Trinajstić information content (AvgIpc) is 2.61. The number of nitrogens with zero attached hydrogens (tertiary/aromatic N) is 4. The summed E-state index contributed by atoms with van der Waals surface area (Å²) in [5, 5.41) is 13.0. The highest BCUT2D eigenvalue weighted by molar-refractivity contribution is 5.96. The molecule has 7 heteroatoms. The molecule has 0 saturated carbocycles. The van der Waals surface area contributed by atoms with Gasteiger partial charge < -0.3 is 20.2 Å². The lowest BCUT2D eigenvalue weighted by Gasteiger charge is -2.44. The van der Waals surface area contributed by atoms with Gasteiger partial charge in [-0.05, 0) is 33.4 Å². The molecule has 3 heterocycles. The summed E-state index contributed by atoms with van der Waals surface area (Å²) in [6, 6.07) is 0. The van der Waals surface area contributed by atoms with E-state index < -0.39 is 0 Å². The Kier molecular flexibility index (Phi) is 5.48. The lowest BCUT2D eigenvalue weighted by molar-refractivity contribution is 0.0759. The van der Waals surface area contributed by atoms with Gasteiger partial charge in [-0.3, -0.25) is 4.79 Å². The minimum Gasteiger partial charge on any atom is -0.396 e. The molecule has 1 saturated heterocycles. The lowest BCUT2D eigenvalue weighted by atomic mass is 9.80. The van der Waals surface area contributed by atoms with Crippen LogP contribution in [0.3, 0.4) is 0 Å². The van der Waals surface area contributed by atoms with Crippen molar-refractivity contribution in [2.75, 3.05) is 51.8 Å². The van der Waals surface area contributed by atoms with Crippen LogP contribution in [0.5, 0.6) is 0 Å². The van der Waals surface area contributed by atoms with Crippen LogP contribution in [0.2, 0.25) is 0 Å². The fraction of sp³-hybridized carbons (Fsp3) is 0.737. The van der Waals surface area contributed by atoms with Crippen LogP contribution in [0.15, 0.2) is 0 Å². The van der Waals surface area contributed by atoms with Gasteiger partial charge in [0.05, 0.1) is 6.61 Å². The molecule has 3 rings (SSSR count). The Labute approximate surface area is 155 Å². The number of aromatic nitrogens is 2. The van der Waals surface area contributed by atoms with Gasteiger partial charge in [-0.25, -0.2) is 9.97 Å². The van der Waals surface area contributed by atoms with Gasteiger partial charge in [0.1, 0.15) is 17.3 Å². The number of hydrogen-bond acceptors (Lipinski definition) is 6. The zero-order valence-corrected chi connectivity index (χ0v) is 16.4. The largest absolute Gasteiger partial charge is 0.396 e. The van der Waals surface area contributed by atoms with E-state index in [4.69, 9.17) is 4.98 Å². The molecule has 1 amide bonds. The van der Waals surface area contributed by atoms with Gasteiger partial charge in [0, 0.05) is 43.1 Å². The van der Waals surface area contributed by atoms with Crippen molar-refractivity contribution in [1.29, 1.82) is 0 Å². The van der Waals surface area contributed by atoms with Crippen LogP contribution >= 0.6 is 0 Å². The van der Waals surface area contributed by atoms with E-state index >= 15 is 0 Å². The van der Waals surface area contributed by atoms with Gasteiger partial charge in [0.25, 0.3) is 5.91 Å². The summed E-state index contributed by atoms with van der Waals surface area (Å²) < 4.78 is 0. The molecule has 7 nitrogen and oxygen atoms in total. The number of piperidine rings is 1. The molecule has 1 aromatic rings. The number of hydrogen-bond donors (Lipinski definition) is 2. The third kappa shape index (κ3) is 3.69. The Bertz CT molecular complexity index is 676. The maximum atomic E-state index is 12.4. The second kappa shape index (κ2) is 7.48. The predicted octanol–water partition coefficient (Wildman–Crippen LogP) is 1.03. The molecule has 1 fully saturated rings. The van der Waals surface area contributed by atoms with Gasteiger partial charge in [-0.2, -0.15) is 0 Å². The van der Waals surface area contributed by atoms with Gasteiger partial charge in [-0.1, -0.05) is 13.8 Å². The summed E-state index contributed by atoms with van der Waals surface area (Å²) in [5.74, 6) is 1.66. The Morgan fingerprint density at radius 2 is 2.12 bits per heavy atom. The predicted molar refractivity (Wildman–Crippen MR) is 102 cm³/mol. The number of carbonyl (C=O) groups excluding carboxylic acids is 1. The van der Waals surface area contributed by atoms with Crippen LogP contribution in [0.1, 0.15) is 54.5 Å². The van der Waals surface area contributed by atoms with E-state index in [1.165, 1.54) is 0 Å². The molecule has 144 valence electrons. The Morgan fingerprint density at radius 1 is 1.35 bits per heavy atom. The van der Waals surface area contributed by atoms with E-state index in [9.17, 15) is 9.90 Å². The van der Waals surface area contributed by atoms with Crippen molar-refractivity contribution in [2.45, 2.75) is 39.0 Å². The van der Waals surface area contributed by atoms with Crippen molar-refractivity contribution in [3.63, 3.8) is 0 Å². The third-order valence-electron chi connectivity index (χ3n) is 5.34. The molecule has 26 heavy (non-hydrogen) atoms. The molecular weight excluding hydrogens is 330 g/mol. The summed E-state index contributed by atoms with van der Waals surface area (Å²) in [6.45, 7) is 7.37. The molecule has 0 bridgehead atoms. The molecule has 0 aromatic carbocycles. The highest BCUT2D eigenvalue weighted by atomic mass is 16.3. The van der Waals surface area contributed by atoms with Crippen LogP contribution in [0.4, 0.5) is 5.82 Å². The van der Waals surface area contributed by atoms with Crippen molar-refractivity contribution in [3.05, 3.63) is 17.1 Å². The maximum absolute atomic E-state index is 12.4. The molecule has 0 aliphatic carbocycles. The van der Waals surface area contributed by atoms with E-state index in [0.717, 1.165) is 50.3 Å². The first kappa shape index (κ1) is 19.0. The highest BCUT2D eigenvalue weighted by Gasteiger charge is 2.38. The number of anilines is 1. The number of fused-ring (bicyclic) bond motifs is 1. The van der Waals surface area contributed by atoms with Crippen molar-refractivity contribution < 1.29 is 9.90 Å². The monoisotopic (exact) mass is 361 g/mol. The fourth-order valence-electron chi connectivity index (χ4n) is 4.18.